The lowest BCUT2D eigenvalue weighted by molar-refractivity contribution is -2.00. The molecule has 3 aromatic rings. The van der Waals surface area contributed by atoms with Gasteiger partial charge in [0.05, 0.1) is 4.90 Å². The molecule has 0 saturated carbocycles. The number of sulfonamides is 1. The van der Waals surface area contributed by atoms with Crippen LogP contribution in [0.2, 0.25) is 0 Å². The highest BCUT2D eigenvalue weighted by atomic mass is 35.7. The molecule has 12 heteroatoms. The largest absolute Gasteiger partial charge is 0.347 e. The summed E-state index contributed by atoms with van der Waals surface area (Å²) in [4.78, 5) is 12.7. The zero-order valence-electron chi connectivity index (χ0n) is 19.8. The maximum Gasteiger partial charge on any atom is 0.286 e. The monoisotopic (exact) mass is 537 g/mol. The standard InChI is InChI=1S/C24H27N3O3S.ClHO4/c1-3-21-14-20(19-8-6-5-7-9-19)15-22(4-2)27(21)17-24(28)26-16-18-10-12-23(13-11-18)31(25,29)30;2-1(3,4)5/h5-15H,3-4,16-17H2,1-2H3,(H2-,25,26,28,29,30);(H,2,3,4,5). The Morgan fingerprint density at radius 1 is 0.889 bits per heavy atom. The van der Waals surface area contributed by atoms with E-state index in [9.17, 15) is 13.2 Å². The topological polar surface area (TPSA) is 185 Å². The van der Waals surface area contributed by atoms with Crippen molar-refractivity contribution in [1.82, 2.24) is 5.32 Å². The number of hydrogen-bond acceptors (Lipinski definition) is 7. The highest BCUT2D eigenvalue weighted by molar-refractivity contribution is 7.89. The molecule has 0 unspecified atom stereocenters. The second kappa shape index (κ2) is 12.9. The fourth-order valence-electron chi connectivity index (χ4n) is 3.52. The van der Waals surface area contributed by atoms with Crippen molar-refractivity contribution in [3.05, 3.63) is 83.7 Å². The number of rotatable bonds is 8. The van der Waals surface area contributed by atoms with Gasteiger partial charge in [-0.1, -0.05) is 56.3 Å². The van der Waals surface area contributed by atoms with Gasteiger partial charge in [-0.05, 0) is 28.8 Å². The van der Waals surface area contributed by atoms with Crippen LogP contribution in [0.15, 0.2) is 71.6 Å². The van der Waals surface area contributed by atoms with Crippen LogP contribution in [-0.4, -0.2) is 14.3 Å². The van der Waals surface area contributed by atoms with Crippen LogP contribution in [0.5, 0.6) is 0 Å². The molecule has 0 atom stereocenters. The second-order valence-electron chi connectivity index (χ2n) is 7.73. The zero-order valence-corrected chi connectivity index (χ0v) is 21.4. The molecule has 1 amide bonds. The van der Waals surface area contributed by atoms with Gasteiger partial charge in [0, 0.05) is 31.5 Å². The lowest BCUT2D eigenvalue weighted by Crippen LogP contribution is -2.68. The molecule has 0 fully saturated rings. The van der Waals surface area contributed by atoms with E-state index in [1.54, 1.807) is 12.1 Å². The second-order valence-corrected chi connectivity index (χ2v) is 10.0. The average molecular weight is 538 g/mol. The van der Waals surface area contributed by atoms with Crippen LogP contribution in [0.3, 0.4) is 0 Å². The van der Waals surface area contributed by atoms with Crippen molar-refractivity contribution in [2.45, 2.75) is 44.7 Å². The molecule has 0 aliphatic rings. The Labute approximate surface area is 212 Å². The number of nitrogens with zero attached hydrogens (tertiary/aromatic N) is 1. The van der Waals surface area contributed by atoms with Crippen molar-refractivity contribution in [3.8, 4) is 11.1 Å². The highest BCUT2D eigenvalue weighted by Crippen LogP contribution is 2.20. The number of nitrogens with two attached hydrogens (primary N) is 1. The summed E-state index contributed by atoms with van der Waals surface area (Å²) in [5.41, 5.74) is 5.32. The Morgan fingerprint density at radius 2 is 1.39 bits per heavy atom. The van der Waals surface area contributed by atoms with Gasteiger partial charge < -0.3 is 5.32 Å². The van der Waals surface area contributed by atoms with E-state index in [0.29, 0.717) is 6.54 Å². The number of hydrogen-bond donors (Lipinski definition) is 2. The molecule has 0 aliphatic carbocycles. The smallest absolute Gasteiger partial charge is 0.286 e. The minimum atomic E-state index is -4.94. The molecule has 3 N–H and O–H groups in total. The molecule has 0 radical (unpaired) electrons. The molecule has 1 aromatic heterocycles. The van der Waals surface area contributed by atoms with Crippen LogP contribution in [0.4, 0.5) is 0 Å². The van der Waals surface area contributed by atoms with Crippen LogP contribution >= 0.6 is 0 Å². The van der Waals surface area contributed by atoms with Gasteiger partial charge in [-0.25, -0.2) is 32.2 Å². The Hall–Kier alpha value is -2.90. The number of pyridine rings is 1. The van der Waals surface area contributed by atoms with Gasteiger partial charge in [0.25, 0.3) is 5.91 Å². The maximum absolute atomic E-state index is 12.7. The fourth-order valence-corrected chi connectivity index (χ4v) is 4.04. The Balaban J connectivity index is 0.000000830. The number of benzene rings is 2. The Morgan fingerprint density at radius 3 is 1.83 bits per heavy atom. The Bertz CT molecular complexity index is 1230. The van der Waals surface area contributed by atoms with E-state index in [4.69, 9.17) is 23.8 Å². The van der Waals surface area contributed by atoms with Gasteiger partial charge in [0.2, 0.25) is 16.6 Å². The summed E-state index contributed by atoms with van der Waals surface area (Å²) in [5, 5.41) is 8.03. The molecule has 2 aromatic carbocycles. The highest BCUT2D eigenvalue weighted by Gasteiger charge is 2.20. The van der Waals surface area contributed by atoms with Crippen molar-refractivity contribution in [2.75, 3.05) is 0 Å². The van der Waals surface area contributed by atoms with E-state index in [-0.39, 0.29) is 17.3 Å². The summed E-state index contributed by atoms with van der Waals surface area (Å²) < 4.78 is 58.8. The third kappa shape index (κ3) is 9.63. The van der Waals surface area contributed by atoms with Crippen molar-refractivity contribution in [3.63, 3.8) is 0 Å². The molecule has 10 nitrogen and oxygen atoms in total. The first-order valence-corrected chi connectivity index (χ1v) is 13.7. The quantitative estimate of drug-likeness (QED) is 0.310. The molecule has 1 heterocycles. The summed E-state index contributed by atoms with van der Waals surface area (Å²) in [6, 6.07) is 20.7. The number of aromatic nitrogens is 1. The third-order valence-corrected chi connectivity index (χ3v) is 6.14. The zero-order chi connectivity index (χ0) is 26.9. The number of halogens is 1. The van der Waals surface area contributed by atoms with Crippen molar-refractivity contribution in [2.24, 2.45) is 5.14 Å². The van der Waals surface area contributed by atoms with Crippen LogP contribution in [0, 0.1) is 10.2 Å². The number of nitrogens with one attached hydrogen (secondary N) is 1. The number of carbonyl (C=O) groups is 1. The molecule has 0 aliphatic heterocycles. The molecular weight excluding hydrogens is 510 g/mol. The van der Waals surface area contributed by atoms with E-state index in [2.05, 4.69) is 48.0 Å². The number of primary sulfonamides is 1. The minimum Gasteiger partial charge on any atom is -0.347 e. The van der Waals surface area contributed by atoms with E-state index < -0.39 is 20.3 Å². The summed E-state index contributed by atoms with van der Waals surface area (Å²) >= 11 is 0. The number of amides is 1. The number of carbonyl (C=O) groups excluding carboxylic acids is 1. The van der Waals surface area contributed by atoms with Crippen LogP contribution in [0.1, 0.15) is 30.8 Å². The van der Waals surface area contributed by atoms with Gasteiger partial charge in [0.1, 0.15) is 0 Å². The first kappa shape index (κ1) is 29.3. The summed E-state index contributed by atoms with van der Waals surface area (Å²) in [6.45, 7) is 4.72. The Kier molecular flexibility index (Phi) is 10.5. The first-order valence-electron chi connectivity index (χ1n) is 10.9. The molecule has 0 bridgehead atoms. The van der Waals surface area contributed by atoms with E-state index >= 15 is 0 Å². The molecule has 0 saturated heterocycles. The van der Waals surface area contributed by atoms with Crippen molar-refractivity contribution < 1.29 is 46.7 Å². The third-order valence-electron chi connectivity index (χ3n) is 5.21. The average Bonchev–Trinajstić information content (AvgIpc) is 2.82. The maximum atomic E-state index is 12.7. The molecule has 3 rings (SSSR count). The van der Waals surface area contributed by atoms with Crippen molar-refractivity contribution in [1.29, 1.82) is 0 Å². The summed E-state index contributed by atoms with van der Waals surface area (Å²) in [5.74, 6) is -0.0996. The molecule has 0 spiro atoms. The van der Waals surface area contributed by atoms with Crippen molar-refractivity contribution >= 4 is 15.9 Å². The van der Waals surface area contributed by atoms with Gasteiger partial charge in [-0.15, -0.1) is 10.2 Å². The molecular formula is C24H28ClN3O7S. The minimum absolute atomic E-state index is 0.0526. The number of aryl methyl sites for hydroxylation is 2. The van der Waals surface area contributed by atoms with E-state index in [1.807, 2.05) is 18.2 Å². The van der Waals surface area contributed by atoms with Gasteiger partial charge in [-0.3, -0.25) is 4.79 Å². The SMILES string of the molecule is CCc1cc(-c2ccccc2)cc(CC)[n+]1CC(=O)NCc1ccc(S(N)(=O)=O)cc1.[O-][Cl+3]([O-])([O-])[O-]. The van der Waals surface area contributed by atoms with Crippen LogP contribution < -0.4 is 33.7 Å². The lowest BCUT2D eigenvalue weighted by atomic mass is 10.0. The van der Waals surface area contributed by atoms with E-state index in [1.165, 1.54) is 12.1 Å². The molecule has 194 valence electrons. The van der Waals surface area contributed by atoms with Gasteiger partial charge >= 0.3 is 0 Å². The van der Waals surface area contributed by atoms with E-state index in [0.717, 1.165) is 40.9 Å². The van der Waals surface area contributed by atoms with Crippen LogP contribution in [0.25, 0.3) is 11.1 Å². The summed E-state index contributed by atoms with van der Waals surface area (Å²) in [6.07, 6.45) is 1.63. The van der Waals surface area contributed by atoms with Gasteiger partial charge in [0.15, 0.2) is 11.4 Å². The predicted molar refractivity (Wildman–Crippen MR) is 120 cm³/mol. The predicted octanol–water partition coefficient (Wildman–Crippen LogP) is -2.03. The fraction of sp³-hybridized carbons (Fsp3) is 0.250. The first-order chi connectivity index (χ1) is 16.8. The molecule has 36 heavy (non-hydrogen) atoms. The normalized spacial score (nSPS) is 11.4. The summed E-state index contributed by atoms with van der Waals surface area (Å²) in [7, 11) is -8.67. The van der Waals surface area contributed by atoms with Gasteiger partial charge in [-0.2, -0.15) is 4.57 Å². The lowest BCUT2D eigenvalue weighted by Gasteiger charge is -2.17. The van der Waals surface area contributed by atoms with Crippen LogP contribution in [-0.2, 0) is 40.7 Å².